The number of hydrogen-bond acceptors (Lipinski definition) is 10. The quantitative estimate of drug-likeness (QED) is 0.244. The maximum atomic E-state index is 12.8. The van der Waals surface area contributed by atoms with Crippen molar-refractivity contribution in [2.75, 3.05) is 50.5 Å². The molecule has 11 nitrogen and oxygen atoms in total. The molecule has 1 amide bonds. The number of benzene rings is 2. The van der Waals surface area contributed by atoms with Crippen molar-refractivity contribution in [2.24, 2.45) is 0 Å². The second-order valence-electron chi connectivity index (χ2n) is 9.94. The average molecular weight is 625 g/mol. The van der Waals surface area contributed by atoms with Crippen LogP contribution in [0.15, 0.2) is 60.2 Å². The first-order valence-corrected chi connectivity index (χ1v) is 14.6. The second kappa shape index (κ2) is 12.6. The molecule has 0 bridgehead atoms. The molecular formula is C29H27F3N8O3S. The van der Waals surface area contributed by atoms with E-state index in [9.17, 15) is 18.0 Å². The predicted octanol–water partition coefficient (Wildman–Crippen LogP) is 4.43. The number of ether oxygens (including phenoxy) is 2. The zero-order valence-corrected chi connectivity index (χ0v) is 24.1. The van der Waals surface area contributed by atoms with Gasteiger partial charge in [0, 0.05) is 36.3 Å². The molecule has 15 heteroatoms. The highest BCUT2D eigenvalue weighted by atomic mass is 32.1. The summed E-state index contributed by atoms with van der Waals surface area (Å²) in [7, 11) is 0. The van der Waals surface area contributed by atoms with E-state index in [2.05, 4.69) is 25.2 Å². The minimum atomic E-state index is -4.55. The van der Waals surface area contributed by atoms with Crippen molar-refractivity contribution < 1.29 is 27.4 Å². The first-order chi connectivity index (χ1) is 21.2. The van der Waals surface area contributed by atoms with Crippen LogP contribution in [0.3, 0.4) is 0 Å². The number of fused-ring (bicyclic) bond motifs is 1. The van der Waals surface area contributed by atoms with Crippen LogP contribution in [0, 0.1) is 0 Å². The van der Waals surface area contributed by atoms with E-state index in [1.54, 1.807) is 28.9 Å². The second-order valence-corrected chi connectivity index (χ2v) is 10.9. The first-order valence-electron chi connectivity index (χ1n) is 13.7. The van der Waals surface area contributed by atoms with Crippen LogP contribution >= 0.6 is 11.3 Å². The number of anilines is 2. The Kier molecular flexibility index (Phi) is 8.41. The van der Waals surface area contributed by atoms with Crippen molar-refractivity contribution in [1.82, 2.24) is 29.6 Å². The van der Waals surface area contributed by atoms with Gasteiger partial charge in [-0.2, -0.15) is 18.3 Å². The molecule has 2 aromatic carbocycles. The summed E-state index contributed by atoms with van der Waals surface area (Å²) >= 11 is 0.789. The molecule has 0 atom stereocenters. The van der Waals surface area contributed by atoms with E-state index in [0.717, 1.165) is 60.9 Å². The van der Waals surface area contributed by atoms with Crippen molar-refractivity contribution in [3.8, 4) is 22.7 Å². The Morgan fingerprint density at radius 3 is 2.52 bits per heavy atom. The molecule has 3 aromatic heterocycles. The Balaban J connectivity index is 1.16. The monoisotopic (exact) mass is 624 g/mol. The van der Waals surface area contributed by atoms with Crippen LogP contribution in [0.1, 0.15) is 10.7 Å². The van der Waals surface area contributed by atoms with E-state index in [0.29, 0.717) is 34.7 Å². The molecule has 3 N–H and O–H groups in total. The van der Waals surface area contributed by atoms with Gasteiger partial charge in [0.25, 0.3) is 0 Å². The highest BCUT2D eigenvalue weighted by molar-refractivity contribution is 7.09. The molecule has 6 rings (SSSR count). The van der Waals surface area contributed by atoms with E-state index in [4.69, 9.17) is 20.3 Å². The highest BCUT2D eigenvalue weighted by Gasteiger charge is 2.33. The zero-order valence-electron chi connectivity index (χ0n) is 23.3. The largest absolute Gasteiger partial charge is 0.492 e. The molecule has 0 spiro atoms. The topological polar surface area (TPSA) is 133 Å². The number of nitrogens with two attached hydrogens (primary N) is 1. The molecule has 1 fully saturated rings. The molecule has 1 saturated heterocycles. The van der Waals surface area contributed by atoms with Gasteiger partial charge in [0.05, 0.1) is 30.7 Å². The average Bonchev–Trinajstić information content (AvgIpc) is 3.65. The third-order valence-electron chi connectivity index (χ3n) is 6.95. The van der Waals surface area contributed by atoms with Crippen LogP contribution in [-0.2, 0) is 22.1 Å². The molecule has 1 aliphatic heterocycles. The summed E-state index contributed by atoms with van der Waals surface area (Å²) in [4.78, 5) is 26.8. The third-order valence-corrected chi connectivity index (χ3v) is 7.80. The lowest BCUT2D eigenvalue weighted by Crippen LogP contribution is -2.38. The summed E-state index contributed by atoms with van der Waals surface area (Å²) in [5.74, 6) is 0.534. The van der Waals surface area contributed by atoms with Crippen molar-refractivity contribution >= 4 is 39.8 Å². The highest BCUT2D eigenvalue weighted by Crippen LogP contribution is 2.33. The van der Waals surface area contributed by atoms with Crippen LogP contribution in [-0.4, -0.2) is 75.0 Å². The lowest BCUT2D eigenvalue weighted by atomic mass is 10.1. The van der Waals surface area contributed by atoms with Crippen molar-refractivity contribution in [1.29, 1.82) is 0 Å². The fraction of sp³-hybridized carbons (Fsp3) is 0.276. The summed E-state index contributed by atoms with van der Waals surface area (Å²) in [6.45, 7) is 4.69. The van der Waals surface area contributed by atoms with E-state index < -0.39 is 17.8 Å². The number of carbonyl (C=O) groups excluding carboxylic acids is 1. The van der Waals surface area contributed by atoms with Gasteiger partial charge in [-0.05, 0) is 48.5 Å². The molecule has 0 aliphatic carbocycles. The molecule has 0 unspecified atom stereocenters. The summed E-state index contributed by atoms with van der Waals surface area (Å²) in [6, 6.07) is 14.4. The number of thiazole rings is 1. The normalized spacial score (nSPS) is 14.2. The molecule has 0 saturated carbocycles. The van der Waals surface area contributed by atoms with Crippen LogP contribution in [0.25, 0.3) is 28.0 Å². The van der Waals surface area contributed by atoms with Gasteiger partial charge >= 0.3 is 6.18 Å². The van der Waals surface area contributed by atoms with Gasteiger partial charge in [-0.25, -0.2) is 19.6 Å². The number of rotatable bonds is 9. The minimum absolute atomic E-state index is 0.0758. The SMILES string of the molecule is Nc1ncnc2c1c(-c1ccc(OCCN3CCOCC3)cc1)nn2-c1ccc(NC(=O)Cc2nc(C(F)(F)F)cs2)cc1. The summed E-state index contributed by atoms with van der Waals surface area (Å²) in [5, 5.41) is 9.05. The molecule has 44 heavy (non-hydrogen) atoms. The summed E-state index contributed by atoms with van der Waals surface area (Å²) in [6.07, 6.45) is -3.46. The summed E-state index contributed by atoms with van der Waals surface area (Å²) < 4.78 is 51.4. The Morgan fingerprint density at radius 2 is 1.82 bits per heavy atom. The Labute approximate surface area is 253 Å². The number of aromatic nitrogens is 5. The smallest absolute Gasteiger partial charge is 0.434 e. The van der Waals surface area contributed by atoms with Gasteiger partial charge in [0.1, 0.15) is 35.2 Å². The van der Waals surface area contributed by atoms with Crippen LogP contribution in [0.2, 0.25) is 0 Å². The number of nitrogens with one attached hydrogen (secondary N) is 1. The van der Waals surface area contributed by atoms with E-state index in [1.165, 1.54) is 6.33 Å². The fourth-order valence-electron chi connectivity index (χ4n) is 4.73. The van der Waals surface area contributed by atoms with Crippen LogP contribution in [0.4, 0.5) is 24.7 Å². The van der Waals surface area contributed by atoms with Crippen molar-refractivity contribution in [3.63, 3.8) is 0 Å². The zero-order chi connectivity index (χ0) is 30.7. The number of amides is 1. The Morgan fingerprint density at radius 1 is 1.07 bits per heavy atom. The predicted molar refractivity (Wildman–Crippen MR) is 159 cm³/mol. The molecule has 0 radical (unpaired) electrons. The number of carbonyl (C=O) groups is 1. The maximum Gasteiger partial charge on any atom is 0.434 e. The molecule has 228 valence electrons. The fourth-order valence-corrected chi connectivity index (χ4v) is 5.53. The number of morpholine rings is 1. The summed E-state index contributed by atoms with van der Waals surface area (Å²) in [5.41, 5.74) is 8.26. The number of nitrogens with zero attached hydrogens (tertiary/aromatic N) is 6. The minimum Gasteiger partial charge on any atom is -0.492 e. The van der Waals surface area contributed by atoms with Crippen molar-refractivity contribution in [2.45, 2.75) is 12.6 Å². The maximum absolute atomic E-state index is 12.8. The lowest BCUT2D eigenvalue weighted by Gasteiger charge is -2.26. The third kappa shape index (κ3) is 6.64. The van der Waals surface area contributed by atoms with E-state index in [1.807, 2.05) is 24.3 Å². The number of nitrogen functional groups attached to an aromatic ring is 1. The standard InChI is InChI=1S/C29H27F3N8O3S/c30-29(31,32)22-16-44-24(37-22)15-23(41)36-19-3-5-20(6-4-19)40-28-25(27(33)34-17-35-28)26(38-40)18-1-7-21(8-2-18)43-14-11-39-9-12-42-13-10-39/h1-8,16-17H,9-15H2,(H,36,41)(H2,33,34,35). The van der Waals surface area contributed by atoms with Gasteiger partial charge in [-0.1, -0.05) is 0 Å². The first kappa shape index (κ1) is 29.5. The molecule has 1 aliphatic rings. The number of alkyl halides is 3. The van der Waals surface area contributed by atoms with Gasteiger partial charge in [0.2, 0.25) is 5.91 Å². The Bertz CT molecular complexity index is 1750. The van der Waals surface area contributed by atoms with Gasteiger partial charge < -0.3 is 20.5 Å². The Hall–Kier alpha value is -4.60. The number of halogens is 3. The van der Waals surface area contributed by atoms with Crippen molar-refractivity contribution in [3.05, 3.63) is 70.9 Å². The van der Waals surface area contributed by atoms with Gasteiger partial charge in [-0.15, -0.1) is 11.3 Å². The van der Waals surface area contributed by atoms with Gasteiger partial charge in [0.15, 0.2) is 11.3 Å². The van der Waals surface area contributed by atoms with E-state index >= 15 is 0 Å². The van der Waals surface area contributed by atoms with E-state index in [-0.39, 0.29) is 17.2 Å². The number of hydrogen-bond donors (Lipinski definition) is 2. The van der Waals surface area contributed by atoms with Crippen LogP contribution in [0.5, 0.6) is 5.75 Å². The molecular weight excluding hydrogens is 597 g/mol. The van der Waals surface area contributed by atoms with Gasteiger partial charge in [-0.3, -0.25) is 9.69 Å². The molecule has 5 aromatic rings. The molecule has 4 heterocycles. The lowest BCUT2D eigenvalue weighted by molar-refractivity contribution is -0.140. The van der Waals surface area contributed by atoms with Crippen LogP contribution < -0.4 is 15.8 Å².